The maximum absolute atomic E-state index is 9.43. The molecule has 0 radical (unpaired) electrons. The third kappa shape index (κ3) is 2.67. The van der Waals surface area contributed by atoms with E-state index in [0.717, 1.165) is 5.56 Å². The zero-order valence-corrected chi connectivity index (χ0v) is 9.83. The summed E-state index contributed by atoms with van der Waals surface area (Å²) in [4.78, 5) is 0. The topological polar surface area (TPSA) is 20.2 Å². The normalized spacial score (nSPS) is 14.2. The van der Waals surface area contributed by atoms with E-state index in [9.17, 15) is 5.11 Å². The quantitative estimate of drug-likeness (QED) is 0.716. The van der Waals surface area contributed by atoms with Gasteiger partial charge < -0.3 is 5.11 Å². The Morgan fingerprint density at radius 1 is 1.23 bits per heavy atom. The molecule has 0 bridgehead atoms. The lowest BCUT2D eigenvalue weighted by Gasteiger charge is -2.18. The molecular weight excluding hydrogens is 176 g/mol. The fourth-order valence-corrected chi connectivity index (χ4v) is 2.46. The summed E-state index contributed by atoms with van der Waals surface area (Å²) in [7, 11) is -1.22. The summed E-state index contributed by atoms with van der Waals surface area (Å²) in [5.41, 5.74) is 1.03. The van der Waals surface area contributed by atoms with Crippen LogP contribution in [-0.4, -0.2) is 13.2 Å². The van der Waals surface area contributed by atoms with E-state index in [1.807, 2.05) is 19.1 Å². The Morgan fingerprint density at radius 2 is 1.85 bits per heavy atom. The molecule has 1 N–H and O–H groups in total. The van der Waals surface area contributed by atoms with Crippen LogP contribution in [0.25, 0.3) is 0 Å². The summed E-state index contributed by atoms with van der Waals surface area (Å²) >= 11 is 0. The van der Waals surface area contributed by atoms with Crippen molar-refractivity contribution in [1.29, 1.82) is 0 Å². The van der Waals surface area contributed by atoms with Gasteiger partial charge >= 0.3 is 0 Å². The number of rotatable bonds is 2. The Balaban J connectivity index is 3.06. The second kappa shape index (κ2) is 3.64. The van der Waals surface area contributed by atoms with Gasteiger partial charge in [-0.05, 0) is 12.5 Å². The second-order valence-electron chi connectivity index (χ2n) is 4.55. The van der Waals surface area contributed by atoms with Gasteiger partial charge in [-0.15, -0.1) is 0 Å². The standard InChI is InChI=1S/C11H18OSi/c1-9(12)10-6-5-7-11(8-10)13(2,3)4/h5-9,12H,1-4H3/t9-/m0/s1. The van der Waals surface area contributed by atoms with Gasteiger partial charge in [0.1, 0.15) is 0 Å². The van der Waals surface area contributed by atoms with Gasteiger partial charge in [-0.3, -0.25) is 0 Å². The Labute approximate surface area is 81.4 Å². The summed E-state index contributed by atoms with van der Waals surface area (Å²) in [6, 6.07) is 8.32. The lowest BCUT2D eigenvalue weighted by Crippen LogP contribution is -2.37. The molecule has 0 aliphatic rings. The van der Waals surface area contributed by atoms with Gasteiger partial charge in [0.05, 0.1) is 14.2 Å². The molecule has 1 rings (SSSR count). The molecule has 0 spiro atoms. The average Bonchev–Trinajstić information content (AvgIpc) is 2.03. The van der Waals surface area contributed by atoms with Crippen molar-refractivity contribution in [3.63, 3.8) is 0 Å². The monoisotopic (exact) mass is 194 g/mol. The minimum Gasteiger partial charge on any atom is -0.389 e. The van der Waals surface area contributed by atoms with Crippen LogP contribution in [0.2, 0.25) is 19.6 Å². The van der Waals surface area contributed by atoms with Crippen LogP contribution in [0.1, 0.15) is 18.6 Å². The van der Waals surface area contributed by atoms with Crippen molar-refractivity contribution in [2.45, 2.75) is 32.7 Å². The van der Waals surface area contributed by atoms with Crippen LogP contribution in [0.15, 0.2) is 24.3 Å². The number of hydrogen-bond donors (Lipinski definition) is 1. The highest BCUT2D eigenvalue weighted by Crippen LogP contribution is 2.11. The van der Waals surface area contributed by atoms with Crippen molar-refractivity contribution in [1.82, 2.24) is 0 Å². The lowest BCUT2D eigenvalue weighted by atomic mass is 10.1. The third-order valence-electron chi connectivity index (χ3n) is 2.24. The van der Waals surface area contributed by atoms with Crippen molar-refractivity contribution >= 4 is 13.3 Å². The highest BCUT2D eigenvalue weighted by molar-refractivity contribution is 6.88. The molecule has 72 valence electrons. The molecular formula is C11H18OSi. The minimum atomic E-state index is -1.22. The molecule has 13 heavy (non-hydrogen) atoms. The molecule has 0 aliphatic carbocycles. The predicted molar refractivity (Wildman–Crippen MR) is 60.1 cm³/mol. The van der Waals surface area contributed by atoms with E-state index >= 15 is 0 Å². The molecule has 0 saturated heterocycles. The maximum Gasteiger partial charge on any atom is 0.0776 e. The van der Waals surface area contributed by atoms with Crippen LogP contribution in [0.5, 0.6) is 0 Å². The fourth-order valence-electron chi connectivity index (χ4n) is 1.27. The predicted octanol–water partition coefficient (Wildman–Crippen LogP) is 2.29. The van der Waals surface area contributed by atoms with E-state index in [4.69, 9.17) is 0 Å². The van der Waals surface area contributed by atoms with E-state index in [2.05, 4.69) is 31.8 Å². The van der Waals surface area contributed by atoms with E-state index < -0.39 is 8.07 Å². The fraction of sp³-hybridized carbons (Fsp3) is 0.455. The molecule has 0 saturated carbocycles. The third-order valence-corrected chi connectivity index (χ3v) is 4.28. The van der Waals surface area contributed by atoms with Gasteiger partial charge in [0.15, 0.2) is 0 Å². The molecule has 0 heterocycles. The largest absolute Gasteiger partial charge is 0.389 e. The molecule has 1 aromatic carbocycles. The van der Waals surface area contributed by atoms with E-state index in [1.54, 1.807) is 0 Å². The highest BCUT2D eigenvalue weighted by Gasteiger charge is 2.16. The van der Waals surface area contributed by atoms with Crippen molar-refractivity contribution in [2.75, 3.05) is 0 Å². The Kier molecular flexibility index (Phi) is 2.93. The van der Waals surface area contributed by atoms with Gasteiger partial charge in [0.2, 0.25) is 0 Å². The Hall–Kier alpha value is -0.603. The number of aliphatic hydroxyl groups excluding tert-OH is 1. The summed E-state index contributed by atoms with van der Waals surface area (Å²) in [6.07, 6.45) is -0.351. The van der Waals surface area contributed by atoms with Crippen LogP contribution in [-0.2, 0) is 0 Å². The molecule has 0 fully saturated rings. The molecule has 1 aromatic rings. The van der Waals surface area contributed by atoms with Gasteiger partial charge in [-0.25, -0.2) is 0 Å². The van der Waals surface area contributed by atoms with Gasteiger partial charge in [-0.1, -0.05) is 49.1 Å². The molecule has 0 aliphatic heterocycles. The lowest BCUT2D eigenvalue weighted by molar-refractivity contribution is 0.199. The van der Waals surface area contributed by atoms with E-state index in [1.165, 1.54) is 5.19 Å². The van der Waals surface area contributed by atoms with Crippen LogP contribution in [0.4, 0.5) is 0 Å². The maximum atomic E-state index is 9.43. The molecule has 1 atom stereocenters. The second-order valence-corrected chi connectivity index (χ2v) is 9.63. The number of aliphatic hydroxyl groups is 1. The molecule has 1 nitrogen and oxygen atoms in total. The van der Waals surface area contributed by atoms with Crippen molar-refractivity contribution < 1.29 is 5.11 Å². The van der Waals surface area contributed by atoms with Crippen LogP contribution in [0, 0.1) is 0 Å². The summed E-state index contributed by atoms with van der Waals surface area (Å²) in [5, 5.41) is 10.8. The summed E-state index contributed by atoms with van der Waals surface area (Å²) in [5.74, 6) is 0. The van der Waals surface area contributed by atoms with Crippen molar-refractivity contribution in [2.24, 2.45) is 0 Å². The Bertz CT molecular complexity index is 286. The van der Waals surface area contributed by atoms with Gasteiger partial charge in [0, 0.05) is 0 Å². The first-order valence-corrected chi connectivity index (χ1v) is 8.20. The van der Waals surface area contributed by atoms with Crippen LogP contribution in [0.3, 0.4) is 0 Å². The summed E-state index contributed by atoms with van der Waals surface area (Å²) in [6.45, 7) is 8.75. The number of hydrogen-bond acceptors (Lipinski definition) is 1. The zero-order chi connectivity index (χ0) is 10.1. The highest BCUT2D eigenvalue weighted by atomic mass is 28.3. The molecule has 0 aromatic heterocycles. The number of benzene rings is 1. The van der Waals surface area contributed by atoms with Crippen molar-refractivity contribution in [3.05, 3.63) is 29.8 Å². The smallest absolute Gasteiger partial charge is 0.0776 e. The average molecular weight is 194 g/mol. The van der Waals surface area contributed by atoms with Gasteiger partial charge in [0.25, 0.3) is 0 Å². The van der Waals surface area contributed by atoms with Crippen LogP contribution < -0.4 is 5.19 Å². The first-order chi connectivity index (χ1) is 5.91. The zero-order valence-electron chi connectivity index (χ0n) is 8.83. The first-order valence-electron chi connectivity index (χ1n) is 4.70. The Morgan fingerprint density at radius 3 is 2.31 bits per heavy atom. The first kappa shape index (κ1) is 10.5. The summed E-state index contributed by atoms with van der Waals surface area (Å²) < 4.78 is 0. The van der Waals surface area contributed by atoms with E-state index in [-0.39, 0.29) is 6.10 Å². The van der Waals surface area contributed by atoms with Crippen molar-refractivity contribution in [3.8, 4) is 0 Å². The van der Waals surface area contributed by atoms with E-state index in [0.29, 0.717) is 0 Å². The van der Waals surface area contributed by atoms with Crippen LogP contribution >= 0.6 is 0 Å². The molecule has 2 heteroatoms. The van der Waals surface area contributed by atoms with Gasteiger partial charge in [-0.2, -0.15) is 0 Å². The molecule has 0 amide bonds. The SMILES string of the molecule is C[C@H](O)c1cccc([Si](C)(C)C)c1. The minimum absolute atomic E-state index is 0.351. The molecule has 0 unspecified atom stereocenters.